The van der Waals surface area contributed by atoms with Crippen LogP contribution in [0.25, 0.3) is 0 Å². The third kappa shape index (κ3) is 3.19. The number of hydrogen-bond donors (Lipinski definition) is 0. The van der Waals surface area contributed by atoms with E-state index in [1.807, 2.05) is 30.3 Å². The molecule has 0 bridgehead atoms. The minimum atomic E-state index is -0.403. The Bertz CT molecular complexity index is 430. The van der Waals surface area contributed by atoms with Crippen LogP contribution in [0, 0.1) is 11.3 Å². The minimum Gasteiger partial charge on any atom is -0.353 e. The summed E-state index contributed by atoms with van der Waals surface area (Å²) in [4.78, 5) is 0. The van der Waals surface area contributed by atoms with E-state index < -0.39 is 6.10 Å². The predicted molar refractivity (Wildman–Crippen MR) is 68.6 cm³/mol. The van der Waals surface area contributed by atoms with E-state index in [-0.39, 0.29) is 6.29 Å². The molecule has 2 atom stereocenters. The van der Waals surface area contributed by atoms with Gasteiger partial charge in [0.2, 0.25) is 0 Å². The monoisotopic (exact) mass is 243 g/mol. The zero-order valence-corrected chi connectivity index (χ0v) is 10.3. The fourth-order valence-electron chi connectivity index (χ4n) is 2.02. The summed E-state index contributed by atoms with van der Waals surface area (Å²) >= 11 is 0. The molecule has 1 heterocycles. The fourth-order valence-corrected chi connectivity index (χ4v) is 2.02. The van der Waals surface area contributed by atoms with Crippen LogP contribution in [-0.2, 0) is 9.47 Å². The van der Waals surface area contributed by atoms with Gasteiger partial charge in [0.15, 0.2) is 6.29 Å². The Balaban J connectivity index is 2.11. The van der Waals surface area contributed by atoms with Gasteiger partial charge in [0, 0.05) is 6.61 Å². The van der Waals surface area contributed by atoms with Crippen LogP contribution in [0.5, 0.6) is 0 Å². The van der Waals surface area contributed by atoms with E-state index in [2.05, 4.69) is 12.6 Å². The average molecular weight is 243 g/mol. The Morgan fingerprint density at radius 3 is 2.78 bits per heavy atom. The van der Waals surface area contributed by atoms with Gasteiger partial charge in [-0.1, -0.05) is 36.9 Å². The average Bonchev–Trinajstić information content (AvgIpc) is 2.46. The van der Waals surface area contributed by atoms with E-state index in [0.717, 1.165) is 31.4 Å². The lowest BCUT2D eigenvalue weighted by atomic mass is 10.0. The van der Waals surface area contributed by atoms with Gasteiger partial charge >= 0.3 is 0 Å². The molecule has 0 amide bonds. The number of nitrogens with zero attached hydrogens (tertiary/aromatic N) is 1. The van der Waals surface area contributed by atoms with E-state index in [0.29, 0.717) is 5.57 Å². The number of ether oxygens (including phenoxy) is 2. The highest BCUT2D eigenvalue weighted by Crippen LogP contribution is 2.28. The molecular weight excluding hydrogens is 226 g/mol. The van der Waals surface area contributed by atoms with Crippen molar-refractivity contribution in [3.63, 3.8) is 0 Å². The standard InChI is InChI=1S/C15H17NO2/c1-12(11-16)15(13-7-3-2-4-8-13)18-14-9-5-6-10-17-14/h2-4,7-8,14-15H,1,5-6,9-10H2. The Labute approximate surface area is 108 Å². The lowest BCUT2D eigenvalue weighted by molar-refractivity contribution is -0.181. The van der Waals surface area contributed by atoms with Gasteiger partial charge in [0.25, 0.3) is 0 Å². The molecule has 0 spiro atoms. The maximum atomic E-state index is 9.03. The Morgan fingerprint density at radius 1 is 1.39 bits per heavy atom. The van der Waals surface area contributed by atoms with Gasteiger partial charge in [-0.15, -0.1) is 0 Å². The SMILES string of the molecule is C=C(C#N)C(OC1CCCCO1)c1ccccc1. The van der Waals surface area contributed by atoms with Crippen LogP contribution in [0.2, 0.25) is 0 Å². The van der Waals surface area contributed by atoms with Gasteiger partial charge in [-0.25, -0.2) is 0 Å². The molecule has 1 aromatic rings. The van der Waals surface area contributed by atoms with Crippen molar-refractivity contribution in [1.82, 2.24) is 0 Å². The smallest absolute Gasteiger partial charge is 0.158 e. The van der Waals surface area contributed by atoms with E-state index >= 15 is 0 Å². The molecule has 2 unspecified atom stereocenters. The Morgan fingerprint density at radius 2 is 2.17 bits per heavy atom. The van der Waals surface area contributed by atoms with Crippen molar-refractivity contribution in [2.75, 3.05) is 6.61 Å². The molecule has 3 nitrogen and oxygen atoms in total. The highest BCUT2D eigenvalue weighted by atomic mass is 16.7. The van der Waals surface area contributed by atoms with Gasteiger partial charge in [-0.05, 0) is 24.8 Å². The summed E-state index contributed by atoms with van der Waals surface area (Å²) in [6, 6.07) is 11.8. The fraction of sp³-hybridized carbons (Fsp3) is 0.400. The molecule has 1 aliphatic heterocycles. The van der Waals surface area contributed by atoms with E-state index in [1.165, 1.54) is 0 Å². The van der Waals surface area contributed by atoms with E-state index in [4.69, 9.17) is 14.7 Å². The highest BCUT2D eigenvalue weighted by Gasteiger charge is 2.23. The molecule has 1 fully saturated rings. The molecule has 0 N–H and O–H groups in total. The maximum absolute atomic E-state index is 9.03. The number of rotatable bonds is 4. The summed E-state index contributed by atoms with van der Waals surface area (Å²) in [6.07, 6.45) is 2.43. The van der Waals surface area contributed by atoms with Crippen LogP contribution < -0.4 is 0 Å². The first-order chi connectivity index (χ1) is 8.81. The van der Waals surface area contributed by atoms with Crippen molar-refractivity contribution in [3.05, 3.63) is 48.0 Å². The van der Waals surface area contributed by atoms with Gasteiger partial charge in [0.1, 0.15) is 6.10 Å². The Kier molecular flexibility index (Phi) is 4.52. The van der Waals surface area contributed by atoms with Gasteiger partial charge < -0.3 is 9.47 Å². The second kappa shape index (κ2) is 6.34. The first-order valence-electron chi connectivity index (χ1n) is 6.22. The normalized spacial score (nSPS) is 20.9. The number of benzene rings is 1. The van der Waals surface area contributed by atoms with E-state index in [1.54, 1.807) is 0 Å². The zero-order valence-electron chi connectivity index (χ0n) is 10.3. The third-order valence-corrected chi connectivity index (χ3v) is 2.99. The van der Waals surface area contributed by atoms with Crippen molar-refractivity contribution >= 4 is 0 Å². The van der Waals surface area contributed by atoms with Gasteiger partial charge in [0.05, 0.1) is 11.6 Å². The lowest BCUT2D eigenvalue weighted by Gasteiger charge is -2.27. The third-order valence-electron chi connectivity index (χ3n) is 2.99. The molecule has 18 heavy (non-hydrogen) atoms. The molecule has 0 aliphatic carbocycles. The summed E-state index contributed by atoms with van der Waals surface area (Å²) in [6.45, 7) is 4.50. The summed E-state index contributed by atoms with van der Waals surface area (Å²) in [5.41, 5.74) is 1.36. The van der Waals surface area contributed by atoms with Crippen molar-refractivity contribution in [2.45, 2.75) is 31.7 Å². The molecule has 0 saturated carbocycles. The van der Waals surface area contributed by atoms with Gasteiger partial charge in [-0.2, -0.15) is 5.26 Å². The molecule has 1 aromatic carbocycles. The number of hydrogen-bond acceptors (Lipinski definition) is 3. The second-order valence-electron chi connectivity index (χ2n) is 4.36. The largest absolute Gasteiger partial charge is 0.353 e. The zero-order chi connectivity index (χ0) is 12.8. The molecule has 1 aliphatic rings. The lowest BCUT2D eigenvalue weighted by Crippen LogP contribution is -2.25. The van der Waals surface area contributed by atoms with Crippen LogP contribution in [-0.4, -0.2) is 12.9 Å². The van der Waals surface area contributed by atoms with E-state index in [9.17, 15) is 0 Å². The quantitative estimate of drug-likeness (QED) is 0.761. The minimum absolute atomic E-state index is 0.228. The van der Waals surface area contributed by atoms with Crippen LogP contribution in [0.4, 0.5) is 0 Å². The van der Waals surface area contributed by atoms with Gasteiger partial charge in [-0.3, -0.25) is 0 Å². The molecule has 3 heteroatoms. The van der Waals surface area contributed by atoms with Crippen LogP contribution >= 0.6 is 0 Å². The molecule has 94 valence electrons. The maximum Gasteiger partial charge on any atom is 0.158 e. The first-order valence-corrected chi connectivity index (χ1v) is 6.22. The summed E-state index contributed by atoms with van der Waals surface area (Å²) in [7, 11) is 0. The van der Waals surface area contributed by atoms with Crippen molar-refractivity contribution in [1.29, 1.82) is 5.26 Å². The van der Waals surface area contributed by atoms with Crippen molar-refractivity contribution < 1.29 is 9.47 Å². The molecule has 0 radical (unpaired) electrons. The summed E-state index contributed by atoms with van der Waals surface area (Å²) in [5.74, 6) is 0. The molecule has 0 aromatic heterocycles. The van der Waals surface area contributed by atoms with Crippen LogP contribution in [0.1, 0.15) is 30.9 Å². The summed E-state index contributed by atoms with van der Waals surface area (Å²) in [5, 5.41) is 9.03. The van der Waals surface area contributed by atoms with Crippen LogP contribution in [0.15, 0.2) is 42.5 Å². The topological polar surface area (TPSA) is 42.2 Å². The molecular formula is C15H17NO2. The predicted octanol–water partition coefficient (Wildman–Crippen LogP) is 3.35. The molecule has 1 saturated heterocycles. The van der Waals surface area contributed by atoms with Crippen LogP contribution in [0.3, 0.4) is 0 Å². The Hall–Kier alpha value is -1.63. The first kappa shape index (κ1) is 12.8. The van der Waals surface area contributed by atoms with Crippen molar-refractivity contribution in [3.8, 4) is 6.07 Å². The summed E-state index contributed by atoms with van der Waals surface area (Å²) < 4.78 is 11.4. The highest BCUT2D eigenvalue weighted by molar-refractivity contribution is 5.32. The number of nitriles is 1. The second-order valence-corrected chi connectivity index (χ2v) is 4.36. The van der Waals surface area contributed by atoms with Crippen molar-refractivity contribution in [2.24, 2.45) is 0 Å². The molecule has 2 rings (SSSR count).